The van der Waals surface area contributed by atoms with E-state index < -0.39 is 0 Å². The van der Waals surface area contributed by atoms with E-state index in [1.165, 1.54) is 0 Å². The molecule has 2 aromatic heterocycles. The highest BCUT2D eigenvalue weighted by Gasteiger charge is 2.23. The van der Waals surface area contributed by atoms with Crippen molar-refractivity contribution in [1.29, 1.82) is 0 Å². The Bertz CT molecular complexity index is 1160. The molecule has 0 saturated carbocycles. The number of rotatable bonds is 8. The Hall–Kier alpha value is -3.38. The lowest BCUT2D eigenvalue weighted by Gasteiger charge is -2.17. The molecule has 0 N–H and O–H groups in total. The van der Waals surface area contributed by atoms with Gasteiger partial charge in [-0.2, -0.15) is 0 Å². The number of para-hydroxylation sites is 1. The first-order valence-electron chi connectivity index (χ1n) is 10.4. The third kappa shape index (κ3) is 4.70. The van der Waals surface area contributed by atoms with Gasteiger partial charge in [-0.1, -0.05) is 53.7 Å². The van der Waals surface area contributed by atoms with Gasteiger partial charge in [-0.25, -0.2) is 0 Å². The third-order valence-electron chi connectivity index (χ3n) is 5.26. The van der Waals surface area contributed by atoms with E-state index in [-0.39, 0.29) is 5.91 Å². The van der Waals surface area contributed by atoms with Crippen molar-refractivity contribution in [2.45, 2.75) is 19.4 Å². The highest BCUT2D eigenvalue weighted by molar-refractivity contribution is 5.99. The second-order valence-corrected chi connectivity index (χ2v) is 8.02. The number of fused-ring (bicyclic) bond motifs is 1. The Balaban J connectivity index is 1.41. The summed E-state index contributed by atoms with van der Waals surface area (Å²) in [6, 6.07) is 19.7. The third-order valence-corrected chi connectivity index (χ3v) is 5.26. The number of carbonyl (C=O) groups excluding carboxylic acids is 1. The maximum absolute atomic E-state index is 13.1. The molecular formula is C25H27N3O3. The lowest BCUT2D eigenvalue weighted by molar-refractivity contribution is 0.0761. The van der Waals surface area contributed by atoms with Crippen molar-refractivity contribution >= 4 is 16.9 Å². The number of hydrogen-bond donors (Lipinski definition) is 0. The second-order valence-electron chi connectivity index (χ2n) is 8.02. The number of nitrogens with zero attached hydrogens (tertiary/aromatic N) is 3. The van der Waals surface area contributed by atoms with Crippen LogP contribution in [0.4, 0.5) is 0 Å². The molecular weight excluding hydrogens is 390 g/mol. The molecule has 6 nitrogen and oxygen atoms in total. The van der Waals surface area contributed by atoms with Gasteiger partial charge in [-0.05, 0) is 26.6 Å². The van der Waals surface area contributed by atoms with Crippen LogP contribution in [0.5, 0.6) is 0 Å². The monoisotopic (exact) mass is 417 g/mol. The molecule has 6 heteroatoms. The molecule has 0 fully saturated rings. The largest absolute Gasteiger partial charge is 0.451 e. The van der Waals surface area contributed by atoms with E-state index in [2.05, 4.69) is 5.16 Å². The number of aromatic nitrogens is 1. The summed E-state index contributed by atoms with van der Waals surface area (Å²) in [5.74, 6) is 1.13. The average molecular weight is 418 g/mol. The quantitative estimate of drug-likeness (QED) is 0.410. The molecule has 1 amide bonds. The van der Waals surface area contributed by atoms with Crippen LogP contribution in [-0.4, -0.2) is 48.6 Å². The molecule has 4 rings (SSSR count). The summed E-state index contributed by atoms with van der Waals surface area (Å²) in [5.41, 5.74) is 3.53. The second kappa shape index (κ2) is 9.18. The smallest absolute Gasteiger partial charge is 0.289 e. The fourth-order valence-electron chi connectivity index (χ4n) is 3.69. The SMILES string of the molecule is CN(C)Cc1c(C(=O)N(C)CCCc2cc(-c3ccccc3)no2)oc2ccccc12. The number of aryl methyl sites for hydroxylation is 1. The molecule has 0 spiro atoms. The van der Waals surface area contributed by atoms with Crippen LogP contribution >= 0.6 is 0 Å². The zero-order valence-electron chi connectivity index (χ0n) is 18.2. The van der Waals surface area contributed by atoms with Crippen LogP contribution in [0.2, 0.25) is 0 Å². The first-order valence-corrected chi connectivity index (χ1v) is 10.4. The van der Waals surface area contributed by atoms with Crippen molar-refractivity contribution in [3.8, 4) is 11.3 Å². The normalized spacial score (nSPS) is 11.4. The Kier molecular flexibility index (Phi) is 6.18. The molecule has 31 heavy (non-hydrogen) atoms. The minimum atomic E-state index is -0.101. The van der Waals surface area contributed by atoms with Crippen molar-refractivity contribution < 1.29 is 13.7 Å². The van der Waals surface area contributed by atoms with Gasteiger partial charge in [0.2, 0.25) is 0 Å². The summed E-state index contributed by atoms with van der Waals surface area (Å²) in [4.78, 5) is 16.9. The van der Waals surface area contributed by atoms with Gasteiger partial charge < -0.3 is 18.7 Å². The van der Waals surface area contributed by atoms with Gasteiger partial charge in [0.1, 0.15) is 17.0 Å². The fraction of sp³-hybridized carbons (Fsp3) is 0.280. The number of benzene rings is 2. The van der Waals surface area contributed by atoms with E-state index in [9.17, 15) is 4.79 Å². The van der Waals surface area contributed by atoms with Crippen molar-refractivity contribution in [2.24, 2.45) is 0 Å². The van der Waals surface area contributed by atoms with Gasteiger partial charge in [-0.15, -0.1) is 0 Å². The molecule has 0 atom stereocenters. The van der Waals surface area contributed by atoms with Gasteiger partial charge in [-0.3, -0.25) is 4.79 Å². The summed E-state index contributed by atoms with van der Waals surface area (Å²) >= 11 is 0. The highest BCUT2D eigenvalue weighted by atomic mass is 16.5. The molecule has 160 valence electrons. The summed E-state index contributed by atoms with van der Waals surface area (Å²) in [6.45, 7) is 1.24. The van der Waals surface area contributed by atoms with Crippen LogP contribution in [0.1, 0.15) is 28.3 Å². The topological polar surface area (TPSA) is 62.7 Å². The fourth-order valence-corrected chi connectivity index (χ4v) is 3.69. The average Bonchev–Trinajstić information content (AvgIpc) is 3.39. The zero-order chi connectivity index (χ0) is 21.8. The maximum atomic E-state index is 13.1. The molecule has 0 aliphatic rings. The predicted molar refractivity (Wildman–Crippen MR) is 121 cm³/mol. The molecule has 2 aromatic carbocycles. The molecule has 0 aliphatic carbocycles. The lowest BCUT2D eigenvalue weighted by atomic mass is 10.1. The van der Waals surface area contributed by atoms with E-state index in [1.54, 1.807) is 4.90 Å². The molecule has 2 heterocycles. The van der Waals surface area contributed by atoms with Crippen molar-refractivity contribution in [2.75, 3.05) is 27.7 Å². The Labute approximate surface area is 182 Å². The Morgan fingerprint density at radius 2 is 1.74 bits per heavy atom. The van der Waals surface area contributed by atoms with Crippen LogP contribution in [-0.2, 0) is 13.0 Å². The van der Waals surface area contributed by atoms with Gasteiger partial charge in [0.05, 0.1) is 0 Å². The van der Waals surface area contributed by atoms with Crippen molar-refractivity contribution in [3.05, 3.63) is 77.7 Å². The highest BCUT2D eigenvalue weighted by Crippen LogP contribution is 2.28. The first kappa shape index (κ1) is 20.9. The van der Waals surface area contributed by atoms with Gasteiger partial charge in [0.15, 0.2) is 5.76 Å². The zero-order valence-corrected chi connectivity index (χ0v) is 18.2. The van der Waals surface area contributed by atoms with Crippen LogP contribution < -0.4 is 0 Å². The number of amides is 1. The Morgan fingerprint density at radius 3 is 2.52 bits per heavy atom. The van der Waals surface area contributed by atoms with E-state index in [1.807, 2.05) is 86.7 Å². The molecule has 0 saturated heterocycles. The van der Waals surface area contributed by atoms with E-state index in [4.69, 9.17) is 8.94 Å². The minimum absolute atomic E-state index is 0.101. The minimum Gasteiger partial charge on any atom is -0.451 e. The standard InChI is InChI=1S/C25H27N3O3/c1-27(2)17-21-20-13-7-8-14-23(20)30-24(21)25(29)28(3)15-9-12-19-16-22(26-31-19)18-10-5-4-6-11-18/h4-8,10-11,13-14,16H,9,12,15,17H2,1-3H3. The van der Waals surface area contributed by atoms with Crippen LogP contribution in [0.25, 0.3) is 22.2 Å². The summed E-state index contributed by atoms with van der Waals surface area (Å²) < 4.78 is 11.4. The molecule has 0 radical (unpaired) electrons. The lowest BCUT2D eigenvalue weighted by Crippen LogP contribution is -2.29. The summed E-state index contributed by atoms with van der Waals surface area (Å²) in [6.07, 6.45) is 1.48. The van der Waals surface area contributed by atoms with E-state index in [0.717, 1.165) is 40.0 Å². The molecule has 0 unspecified atom stereocenters. The number of furan rings is 1. The van der Waals surface area contributed by atoms with Crippen LogP contribution in [0.3, 0.4) is 0 Å². The van der Waals surface area contributed by atoms with Crippen LogP contribution in [0.15, 0.2) is 69.6 Å². The molecule has 4 aromatic rings. The maximum Gasteiger partial charge on any atom is 0.289 e. The molecule has 0 aliphatic heterocycles. The number of carbonyl (C=O) groups is 1. The molecule has 0 bridgehead atoms. The Morgan fingerprint density at radius 1 is 1.00 bits per heavy atom. The van der Waals surface area contributed by atoms with Gasteiger partial charge >= 0.3 is 0 Å². The first-order chi connectivity index (χ1) is 15.0. The van der Waals surface area contributed by atoms with Crippen molar-refractivity contribution in [3.63, 3.8) is 0 Å². The van der Waals surface area contributed by atoms with Gasteiger partial charge in [0.25, 0.3) is 5.91 Å². The van der Waals surface area contributed by atoms with Crippen LogP contribution in [0, 0.1) is 0 Å². The van der Waals surface area contributed by atoms with E-state index >= 15 is 0 Å². The summed E-state index contributed by atoms with van der Waals surface area (Å²) in [5, 5.41) is 5.14. The number of hydrogen-bond acceptors (Lipinski definition) is 5. The van der Waals surface area contributed by atoms with E-state index in [0.29, 0.717) is 25.3 Å². The van der Waals surface area contributed by atoms with Gasteiger partial charge in [0, 0.05) is 49.1 Å². The van der Waals surface area contributed by atoms with Crippen molar-refractivity contribution in [1.82, 2.24) is 15.0 Å². The summed E-state index contributed by atoms with van der Waals surface area (Å²) in [7, 11) is 5.78. The predicted octanol–water partition coefficient (Wildman–Crippen LogP) is 4.85.